The lowest BCUT2D eigenvalue weighted by Gasteiger charge is -2.18. The maximum absolute atomic E-state index is 13.5. The molecular weight excluding hydrogens is 354 g/mol. The highest BCUT2D eigenvalue weighted by Crippen LogP contribution is 2.14. The van der Waals surface area contributed by atoms with E-state index in [0.717, 1.165) is 17.0 Å². The van der Waals surface area contributed by atoms with Crippen molar-refractivity contribution in [1.82, 2.24) is 10.2 Å². The van der Waals surface area contributed by atoms with Gasteiger partial charge >= 0.3 is 0 Å². The molecule has 6 nitrogen and oxygen atoms in total. The van der Waals surface area contributed by atoms with Crippen molar-refractivity contribution < 1.29 is 26.8 Å². The predicted octanol–water partition coefficient (Wildman–Crippen LogP) is 0.659. The number of rotatable bonds is 6. The standard InChI is InChI=1S/C16H20F2N2O4S/c1-20(9-15(21)19-11-7-8-25(23,24)10-11)16(22)6-5-12-13(17)3-2-4-14(12)18/h2-4,11H,5-10H2,1H3,(H,19,21)/t11-/m0/s1. The average Bonchev–Trinajstić information content (AvgIpc) is 2.85. The van der Waals surface area contributed by atoms with Crippen LogP contribution in [-0.4, -0.2) is 56.3 Å². The van der Waals surface area contributed by atoms with Gasteiger partial charge < -0.3 is 10.2 Å². The van der Waals surface area contributed by atoms with Crippen molar-refractivity contribution in [1.29, 1.82) is 0 Å². The fourth-order valence-electron chi connectivity index (χ4n) is 2.68. The second-order valence-corrected chi connectivity index (χ2v) is 8.35. The van der Waals surface area contributed by atoms with E-state index >= 15 is 0 Å². The van der Waals surface area contributed by atoms with Crippen LogP contribution in [-0.2, 0) is 25.8 Å². The summed E-state index contributed by atoms with van der Waals surface area (Å²) in [4.78, 5) is 25.1. The van der Waals surface area contributed by atoms with Crippen LogP contribution in [0, 0.1) is 11.6 Å². The number of nitrogens with one attached hydrogen (secondary N) is 1. The molecule has 1 aromatic rings. The molecule has 0 radical (unpaired) electrons. The Hall–Kier alpha value is -2.03. The molecule has 0 unspecified atom stereocenters. The van der Waals surface area contributed by atoms with E-state index in [2.05, 4.69) is 5.32 Å². The van der Waals surface area contributed by atoms with Gasteiger partial charge in [-0.3, -0.25) is 9.59 Å². The van der Waals surface area contributed by atoms with Crippen LogP contribution < -0.4 is 5.32 Å². The normalized spacial score (nSPS) is 18.8. The van der Waals surface area contributed by atoms with Crippen molar-refractivity contribution in [3.8, 4) is 0 Å². The Balaban J connectivity index is 1.81. The molecule has 1 heterocycles. The van der Waals surface area contributed by atoms with Gasteiger partial charge in [-0.2, -0.15) is 0 Å². The smallest absolute Gasteiger partial charge is 0.239 e. The summed E-state index contributed by atoms with van der Waals surface area (Å²) in [6.07, 6.45) is 0.113. The Morgan fingerprint density at radius 1 is 1.28 bits per heavy atom. The van der Waals surface area contributed by atoms with Gasteiger partial charge in [0, 0.05) is 25.1 Å². The second kappa shape index (κ2) is 7.90. The summed E-state index contributed by atoms with van der Waals surface area (Å²) in [5, 5.41) is 2.58. The van der Waals surface area contributed by atoms with Crippen molar-refractivity contribution in [2.24, 2.45) is 0 Å². The van der Waals surface area contributed by atoms with Crippen LogP contribution in [0.2, 0.25) is 0 Å². The molecule has 0 aliphatic carbocycles. The molecule has 9 heteroatoms. The van der Waals surface area contributed by atoms with Gasteiger partial charge in [0.05, 0.1) is 18.1 Å². The molecular formula is C16H20F2N2O4S. The van der Waals surface area contributed by atoms with Crippen molar-refractivity contribution >= 4 is 21.7 Å². The molecule has 2 amide bonds. The van der Waals surface area contributed by atoms with Gasteiger partial charge in [-0.25, -0.2) is 17.2 Å². The topological polar surface area (TPSA) is 83.6 Å². The van der Waals surface area contributed by atoms with Crippen LogP contribution in [0.4, 0.5) is 8.78 Å². The van der Waals surface area contributed by atoms with Crippen molar-refractivity contribution in [2.45, 2.75) is 25.3 Å². The first-order valence-corrected chi connectivity index (χ1v) is 9.67. The molecule has 0 aromatic heterocycles. The van der Waals surface area contributed by atoms with E-state index in [0.29, 0.717) is 6.42 Å². The third kappa shape index (κ3) is 5.48. The molecule has 1 aliphatic heterocycles. The molecule has 1 atom stereocenters. The molecule has 0 spiro atoms. The number of carbonyl (C=O) groups is 2. The minimum atomic E-state index is -3.10. The number of sulfone groups is 1. The highest BCUT2D eigenvalue weighted by Gasteiger charge is 2.29. The van der Waals surface area contributed by atoms with E-state index in [9.17, 15) is 26.8 Å². The number of hydrogen-bond donors (Lipinski definition) is 1. The monoisotopic (exact) mass is 374 g/mol. The summed E-state index contributed by atoms with van der Waals surface area (Å²) in [6, 6.07) is 3.05. The van der Waals surface area contributed by atoms with Crippen molar-refractivity contribution in [3.63, 3.8) is 0 Å². The minimum absolute atomic E-state index is 0.0426. The Kier molecular flexibility index (Phi) is 6.10. The Morgan fingerprint density at radius 3 is 2.48 bits per heavy atom. The molecule has 1 aliphatic rings. The van der Waals surface area contributed by atoms with Crippen molar-refractivity contribution in [3.05, 3.63) is 35.4 Å². The maximum Gasteiger partial charge on any atom is 0.239 e. The van der Waals surface area contributed by atoms with Crippen LogP contribution >= 0.6 is 0 Å². The lowest BCUT2D eigenvalue weighted by atomic mass is 10.1. The van der Waals surface area contributed by atoms with Gasteiger partial charge in [-0.05, 0) is 25.0 Å². The van der Waals surface area contributed by atoms with Gasteiger partial charge in [0.1, 0.15) is 11.6 Å². The van der Waals surface area contributed by atoms with Crippen LogP contribution in [0.25, 0.3) is 0 Å². The van der Waals surface area contributed by atoms with Crippen molar-refractivity contribution in [2.75, 3.05) is 25.1 Å². The number of likely N-dealkylation sites (N-methyl/N-ethyl adjacent to an activating group) is 1. The largest absolute Gasteiger partial charge is 0.351 e. The SMILES string of the molecule is CN(CC(=O)N[C@H]1CCS(=O)(=O)C1)C(=O)CCc1c(F)cccc1F. The van der Waals surface area contributed by atoms with Gasteiger partial charge in [0.15, 0.2) is 9.84 Å². The van der Waals surface area contributed by atoms with Gasteiger partial charge in [0.25, 0.3) is 0 Å². The quantitative estimate of drug-likeness (QED) is 0.793. The first-order valence-electron chi connectivity index (χ1n) is 7.84. The highest BCUT2D eigenvalue weighted by atomic mass is 32.2. The predicted molar refractivity (Wildman–Crippen MR) is 87.5 cm³/mol. The van der Waals surface area contributed by atoms with Crippen LogP contribution in [0.15, 0.2) is 18.2 Å². The summed E-state index contributed by atoms with van der Waals surface area (Å²) in [7, 11) is -1.69. The first-order chi connectivity index (χ1) is 11.7. The number of benzene rings is 1. The van der Waals surface area contributed by atoms with Crippen LogP contribution in [0.3, 0.4) is 0 Å². The highest BCUT2D eigenvalue weighted by molar-refractivity contribution is 7.91. The Bertz CT molecular complexity index is 747. The minimum Gasteiger partial charge on any atom is -0.351 e. The zero-order valence-corrected chi connectivity index (χ0v) is 14.6. The summed E-state index contributed by atoms with van der Waals surface area (Å²) < 4.78 is 49.7. The van der Waals surface area contributed by atoms with E-state index in [1.165, 1.54) is 13.1 Å². The van der Waals surface area contributed by atoms with Crippen LogP contribution in [0.5, 0.6) is 0 Å². The molecule has 1 saturated heterocycles. The lowest BCUT2D eigenvalue weighted by Crippen LogP contribution is -2.43. The Labute approximate surface area is 145 Å². The fourth-order valence-corrected chi connectivity index (χ4v) is 4.35. The number of carbonyl (C=O) groups excluding carboxylic acids is 2. The van der Waals surface area contributed by atoms with E-state index in [1.807, 2.05) is 0 Å². The zero-order chi connectivity index (χ0) is 18.6. The number of nitrogens with zero attached hydrogens (tertiary/aromatic N) is 1. The second-order valence-electron chi connectivity index (χ2n) is 6.12. The average molecular weight is 374 g/mol. The summed E-state index contributed by atoms with van der Waals surface area (Å²) in [6.45, 7) is -0.241. The maximum atomic E-state index is 13.5. The first kappa shape index (κ1) is 19.3. The van der Waals surface area contributed by atoms with Gasteiger partial charge in [0.2, 0.25) is 11.8 Å². The van der Waals surface area contributed by atoms with E-state index in [1.54, 1.807) is 0 Å². The van der Waals surface area contributed by atoms with Crippen LogP contribution in [0.1, 0.15) is 18.4 Å². The molecule has 1 fully saturated rings. The molecule has 0 saturated carbocycles. The molecule has 1 aromatic carbocycles. The summed E-state index contributed by atoms with van der Waals surface area (Å²) in [5.41, 5.74) is -0.162. The fraction of sp³-hybridized carbons (Fsp3) is 0.500. The third-order valence-electron chi connectivity index (χ3n) is 4.05. The molecule has 0 bridgehead atoms. The molecule has 2 rings (SSSR count). The van der Waals surface area contributed by atoms with Gasteiger partial charge in [-0.1, -0.05) is 6.07 Å². The third-order valence-corrected chi connectivity index (χ3v) is 5.82. The lowest BCUT2D eigenvalue weighted by molar-refractivity contribution is -0.134. The van der Waals surface area contributed by atoms with E-state index < -0.39 is 39.3 Å². The molecule has 25 heavy (non-hydrogen) atoms. The summed E-state index contributed by atoms with van der Waals surface area (Å²) in [5.74, 6) is -2.37. The number of amides is 2. The number of halogens is 2. The molecule has 138 valence electrons. The molecule has 1 N–H and O–H groups in total. The van der Waals surface area contributed by atoms with E-state index in [4.69, 9.17) is 0 Å². The number of hydrogen-bond acceptors (Lipinski definition) is 4. The zero-order valence-electron chi connectivity index (χ0n) is 13.8. The van der Waals surface area contributed by atoms with E-state index in [-0.39, 0.29) is 36.5 Å². The summed E-state index contributed by atoms with van der Waals surface area (Å²) >= 11 is 0. The Morgan fingerprint density at radius 2 is 1.92 bits per heavy atom. The van der Waals surface area contributed by atoms with Gasteiger partial charge in [-0.15, -0.1) is 0 Å².